The Kier molecular flexibility index (Phi) is 5.69. The van der Waals surface area contributed by atoms with Gasteiger partial charge in [-0.15, -0.1) is 0 Å². The second-order valence-corrected chi connectivity index (χ2v) is 9.63. The summed E-state index contributed by atoms with van der Waals surface area (Å²) >= 11 is 2.30. The Balaban J connectivity index is 1.36. The lowest BCUT2D eigenvalue weighted by Crippen LogP contribution is -2.58. The zero-order chi connectivity index (χ0) is 23.8. The number of nitrogens with zero attached hydrogens (tertiary/aromatic N) is 4. The molecule has 35 heavy (non-hydrogen) atoms. The van der Waals surface area contributed by atoms with E-state index in [4.69, 9.17) is 9.98 Å². The summed E-state index contributed by atoms with van der Waals surface area (Å²) in [4.78, 5) is 22.8. The number of aliphatic imine (C=N–C) groups is 2. The standard InChI is InChI=1S/C28H22IN5O/c29-20-13-14-25-23(17-20)28-31-18-27(35)33(21-9-2-1-3-10-21)34(28)26(32-25)15-16-30-24-12-6-8-19-7-4-5-11-22(19)24/h1-14,17,30H,15-16,18H2. The van der Waals surface area contributed by atoms with E-state index in [2.05, 4.69) is 70.4 Å². The number of carbonyl (C=O) groups is 1. The molecule has 0 aliphatic carbocycles. The molecule has 0 radical (unpaired) electrons. The van der Waals surface area contributed by atoms with Gasteiger partial charge in [-0.1, -0.05) is 54.6 Å². The number of carbonyl (C=O) groups excluding carboxylic acids is 1. The van der Waals surface area contributed by atoms with Crippen LogP contribution < -0.4 is 10.3 Å². The monoisotopic (exact) mass is 571 g/mol. The van der Waals surface area contributed by atoms with Gasteiger partial charge >= 0.3 is 0 Å². The first-order chi connectivity index (χ1) is 17.2. The fourth-order valence-corrected chi connectivity index (χ4v) is 5.06. The molecule has 1 amide bonds. The molecule has 0 saturated heterocycles. The molecule has 0 fully saturated rings. The van der Waals surface area contributed by atoms with E-state index in [1.54, 1.807) is 5.01 Å². The summed E-state index contributed by atoms with van der Waals surface area (Å²) in [6.45, 7) is 0.764. The maximum Gasteiger partial charge on any atom is 0.267 e. The lowest BCUT2D eigenvalue weighted by atomic mass is 10.1. The number of benzene rings is 4. The first-order valence-electron chi connectivity index (χ1n) is 11.5. The van der Waals surface area contributed by atoms with Crippen molar-refractivity contribution in [2.45, 2.75) is 6.42 Å². The van der Waals surface area contributed by atoms with Crippen LogP contribution in [0, 0.1) is 3.57 Å². The van der Waals surface area contributed by atoms with Crippen LogP contribution in [0.4, 0.5) is 17.1 Å². The fraction of sp³-hybridized carbons (Fsp3) is 0.107. The van der Waals surface area contributed by atoms with Gasteiger partial charge in [0.1, 0.15) is 12.4 Å². The van der Waals surface area contributed by atoms with E-state index >= 15 is 0 Å². The number of anilines is 2. The van der Waals surface area contributed by atoms with Crippen molar-refractivity contribution in [2.24, 2.45) is 9.98 Å². The van der Waals surface area contributed by atoms with Gasteiger partial charge in [0.2, 0.25) is 0 Å². The average Bonchev–Trinajstić information content (AvgIpc) is 2.89. The third kappa shape index (κ3) is 4.05. The van der Waals surface area contributed by atoms with E-state index in [1.165, 1.54) is 10.8 Å². The van der Waals surface area contributed by atoms with Gasteiger partial charge in [-0.05, 0) is 64.4 Å². The van der Waals surface area contributed by atoms with Gasteiger partial charge in [0.05, 0.1) is 11.4 Å². The van der Waals surface area contributed by atoms with E-state index in [1.807, 2.05) is 53.5 Å². The average molecular weight is 571 g/mol. The van der Waals surface area contributed by atoms with E-state index < -0.39 is 0 Å². The maximum atomic E-state index is 13.1. The van der Waals surface area contributed by atoms with Crippen LogP contribution in [-0.2, 0) is 4.79 Å². The summed E-state index contributed by atoms with van der Waals surface area (Å²) < 4.78 is 1.10. The second-order valence-electron chi connectivity index (χ2n) is 8.39. The van der Waals surface area contributed by atoms with Crippen LogP contribution >= 0.6 is 22.6 Å². The molecule has 6 rings (SSSR count). The molecule has 0 spiro atoms. The Hall–Kier alpha value is -3.72. The zero-order valence-corrected chi connectivity index (χ0v) is 21.0. The third-order valence-corrected chi connectivity index (χ3v) is 6.82. The number of nitrogens with one attached hydrogen (secondary N) is 1. The van der Waals surface area contributed by atoms with Crippen molar-refractivity contribution in [3.8, 4) is 0 Å². The topological polar surface area (TPSA) is 60.3 Å². The highest BCUT2D eigenvalue weighted by molar-refractivity contribution is 14.1. The predicted molar refractivity (Wildman–Crippen MR) is 150 cm³/mol. The van der Waals surface area contributed by atoms with E-state index in [0.29, 0.717) is 13.0 Å². The van der Waals surface area contributed by atoms with Crippen molar-refractivity contribution in [1.82, 2.24) is 5.01 Å². The Morgan fingerprint density at radius 1 is 0.886 bits per heavy atom. The Bertz CT molecular complexity index is 1490. The van der Waals surface area contributed by atoms with Crippen LogP contribution in [0.5, 0.6) is 0 Å². The highest BCUT2D eigenvalue weighted by Crippen LogP contribution is 2.33. The molecule has 4 aromatic rings. The quantitative estimate of drug-likeness (QED) is 0.299. The van der Waals surface area contributed by atoms with Crippen molar-refractivity contribution < 1.29 is 4.79 Å². The minimum Gasteiger partial charge on any atom is -0.384 e. The number of hydrazine groups is 1. The van der Waals surface area contributed by atoms with Gasteiger partial charge in [-0.2, -0.15) is 0 Å². The van der Waals surface area contributed by atoms with Crippen molar-refractivity contribution in [1.29, 1.82) is 0 Å². The van der Waals surface area contributed by atoms with Crippen LogP contribution in [0.2, 0.25) is 0 Å². The van der Waals surface area contributed by atoms with Crippen LogP contribution in [0.1, 0.15) is 12.0 Å². The number of halogens is 1. The Morgan fingerprint density at radius 2 is 1.69 bits per heavy atom. The number of fused-ring (bicyclic) bond motifs is 4. The first kappa shape index (κ1) is 21.8. The van der Waals surface area contributed by atoms with Gasteiger partial charge in [0.15, 0.2) is 5.84 Å². The van der Waals surface area contributed by atoms with Gasteiger partial charge < -0.3 is 5.32 Å². The number of hydrogen-bond acceptors (Lipinski definition) is 5. The van der Waals surface area contributed by atoms with Gasteiger partial charge in [-0.25, -0.2) is 15.0 Å². The molecule has 6 nitrogen and oxygen atoms in total. The summed E-state index contributed by atoms with van der Waals surface area (Å²) in [6, 6.07) is 30.5. The molecule has 1 N–H and O–H groups in total. The van der Waals surface area contributed by atoms with Gasteiger partial charge in [-0.3, -0.25) is 9.79 Å². The van der Waals surface area contributed by atoms with E-state index in [-0.39, 0.29) is 12.5 Å². The molecule has 0 unspecified atom stereocenters. The highest BCUT2D eigenvalue weighted by atomic mass is 127. The maximum absolute atomic E-state index is 13.1. The summed E-state index contributed by atoms with van der Waals surface area (Å²) in [5.74, 6) is 1.46. The second kappa shape index (κ2) is 9.14. The predicted octanol–water partition coefficient (Wildman–Crippen LogP) is 6.00. The van der Waals surface area contributed by atoms with Crippen molar-refractivity contribution in [3.05, 3.63) is 100 Å². The molecule has 0 saturated carbocycles. The highest BCUT2D eigenvalue weighted by Gasteiger charge is 2.37. The smallest absolute Gasteiger partial charge is 0.267 e. The molecule has 0 aromatic heterocycles. The zero-order valence-electron chi connectivity index (χ0n) is 18.9. The van der Waals surface area contributed by atoms with Crippen molar-refractivity contribution in [3.63, 3.8) is 0 Å². The third-order valence-electron chi connectivity index (χ3n) is 6.15. The summed E-state index contributed by atoms with van der Waals surface area (Å²) in [5.41, 5.74) is 3.70. The Morgan fingerprint density at radius 3 is 2.57 bits per heavy atom. The van der Waals surface area contributed by atoms with Crippen molar-refractivity contribution >= 4 is 68.0 Å². The van der Waals surface area contributed by atoms with Crippen molar-refractivity contribution in [2.75, 3.05) is 23.4 Å². The molecular weight excluding hydrogens is 549 g/mol. The number of amides is 1. The van der Waals surface area contributed by atoms with E-state index in [9.17, 15) is 4.79 Å². The molecule has 0 atom stereocenters. The fourth-order valence-electron chi connectivity index (χ4n) is 4.57. The van der Waals surface area contributed by atoms with Crippen LogP contribution in [0.15, 0.2) is 101 Å². The normalized spacial score (nSPS) is 14.8. The minimum atomic E-state index is -0.0799. The minimum absolute atomic E-state index is 0.0799. The number of amidine groups is 2. The van der Waals surface area contributed by atoms with Gasteiger partial charge in [0.25, 0.3) is 5.91 Å². The molecule has 0 bridgehead atoms. The number of rotatable bonds is 5. The molecular formula is C28H22IN5O. The first-order valence-corrected chi connectivity index (χ1v) is 12.6. The molecule has 4 aromatic carbocycles. The Labute approximate surface area is 217 Å². The van der Waals surface area contributed by atoms with E-state index in [0.717, 1.165) is 37.9 Å². The number of para-hydroxylation sites is 1. The molecule has 2 aliphatic heterocycles. The summed E-state index contributed by atoms with van der Waals surface area (Å²) in [7, 11) is 0. The molecule has 172 valence electrons. The van der Waals surface area contributed by atoms with Crippen LogP contribution in [0.3, 0.4) is 0 Å². The van der Waals surface area contributed by atoms with Gasteiger partial charge in [0, 0.05) is 33.2 Å². The van der Waals surface area contributed by atoms with Crippen LogP contribution in [0.25, 0.3) is 10.8 Å². The molecule has 7 heteroatoms. The lowest BCUT2D eigenvalue weighted by Gasteiger charge is -2.42. The summed E-state index contributed by atoms with van der Waals surface area (Å²) in [5, 5.41) is 9.56. The summed E-state index contributed by atoms with van der Waals surface area (Å²) in [6.07, 6.45) is 0.615. The lowest BCUT2D eigenvalue weighted by molar-refractivity contribution is -0.119. The largest absolute Gasteiger partial charge is 0.384 e. The number of hydrogen-bond donors (Lipinski definition) is 1. The molecule has 2 heterocycles. The molecule has 2 aliphatic rings. The van der Waals surface area contributed by atoms with Crippen LogP contribution in [-0.4, -0.2) is 35.7 Å². The SMILES string of the molecule is O=C1CN=C2c3cc(I)ccc3N=C(CCNc3cccc4ccccc34)N2N1c1ccccc1.